The fourth-order valence-corrected chi connectivity index (χ4v) is 9.23. The van der Waals surface area contributed by atoms with Gasteiger partial charge in [0.2, 0.25) is 5.91 Å². The Bertz CT molecular complexity index is 1690. The van der Waals surface area contributed by atoms with Crippen LogP contribution in [-0.2, 0) is 27.9 Å². The van der Waals surface area contributed by atoms with Gasteiger partial charge in [-0.25, -0.2) is 4.57 Å². The summed E-state index contributed by atoms with van der Waals surface area (Å²) in [7, 11) is 1.46. The molecule has 0 aliphatic heterocycles. The van der Waals surface area contributed by atoms with E-state index in [1.807, 2.05) is 33.3 Å². The number of nitrogens with zero attached hydrogens (tertiary/aromatic N) is 1. The number of hydrogen-bond acceptors (Lipinski definition) is 6. The Balaban J connectivity index is 5.20. The van der Waals surface area contributed by atoms with Gasteiger partial charge in [0.25, 0.3) is 0 Å². The number of hydrogen-bond donors (Lipinski definition) is 2. The van der Waals surface area contributed by atoms with Crippen LogP contribution in [0.25, 0.3) is 0 Å². The number of phosphoric ester groups is 1. The third kappa shape index (κ3) is 57.2. The van der Waals surface area contributed by atoms with Crippen LogP contribution in [0.1, 0.15) is 252 Å². The average Bonchev–Trinajstić information content (AvgIpc) is 3.39. The third-order valence-corrected chi connectivity index (χ3v) is 14.3. The van der Waals surface area contributed by atoms with Gasteiger partial charge in [-0.2, -0.15) is 0 Å². The zero-order valence-electron chi connectivity index (χ0n) is 50.4. The molecular formula is C67H118N2O7P+. The Morgan fingerprint density at radius 2 is 0.896 bits per heavy atom. The molecule has 77 heavy (non-hydrogen) atoms. The van der Waals surface area contributed by atoms with E-state index in [4.69, 9.17) is 13.8 Å². The molecule has 0 aromatic carbocycles. The number of quaternary nitrogens is 1. The van der Waals surface area contributed by atoms with Crippen molar-refractivity contribution in [2.75, 3.05) is 40.9 Å². The van der Waals surface area contributed by atoms with Gasteiger partial charge < -0.3 is 19.4 Å². The van der Waals surface area contributed by atoms with Crippen LogP contribution in [0.2, 0.25) is 0 Å². The first-order chi connectivity index (χ1) is 37.4. The van der Waals surface area contributed by atoms with Crippen molar-refractivity contribution in [3.63, 3.8) is 0 Å². The largest absolute Gasteiger partial charge is 0.472 e. The first-order valence-electron chi connectivity index (χ1n) is 31.2. The standard InChI is InChI=1S/C67H117N2O7P/c1-7-10-13-16-19-22-25-28-29-30-31-32-33-34-35-36-37-38-39-42-45-48-51-54-57-60-67(71)76-65(58-55-52-49-46-43-40-26-23-20-17-14-11-8-2)64(63-75-77(72,73)74-62-61-69(4,5)6)68-66(70)59-56-53-50-47-44-41-27-24-21-18-15-12-9-3/h10,12-13,15,18-19,21-22,24,27-29,31-32,34-35,55,58,64-65H,7-9,11,14,16-17,20,23,25-26,30,33,36-54,56-57,59-63H2,1-6H3,(H-,68,70,72,73)/p+1/b13-10-,15-12+,21-18+,22-19-,27-24-,29-28-,32-31-,35-34-,58-55-. The molecule has 10 heteroatoms. The van der Waals surface area contributed by atoms with Crippen molar-refractivity contribution in [1.29, 1.82) is 0 Å². The third-order valence-electron chi connectivity index (χ3n) is 13.3. The summed E-state index contributed by atoms with van der Waals surface area (Å²) < 4.78 is 30.7. The van der Waals surface area contributed by atoms with E-state index in [-0.39, 0.29) is 31.5 Å². The quantitative estimate of drug-likeness (QED) is 0.0156. The summed E-state index contributed by atoms with van der Waals surface area (Å²) in [4.78, 5) is 37.7. The van der Waals surface area contributed by atoms with Crippen molar-refractivity contribution >= 4 is 19.7 Å². The fraction of sp³-hybridized carbons (Fsp3) is 0.701. The van der Waals surface area contributed by atoms with Crippen LogP contribution in [0.3, 0.4) is 0 Å². The van der Waals surface area contributed by atoms with E-state index < -0.39 is 20.0 Å². The summed E-state index contributed by atoms with van der Waals surface area (Å²) in [6, 6.07) is -0.868. The zero-order valence-corrected chi connectivity index (χ0v) is 51.3. The number of unbranched alkanes of at least 4 members (excludes halogenated alkanes) is 25. The number of phosphoric acid groups is 1. The van der Waals surface area contributed by atoms with Gasteiger partial charge in [-0.3, -0.25) is 18.6 Å². The maximum atomic E-state index is 13.5. The van der Waals surface area contributed by atoms with Crippen LogP contribution in [0, 0.1) is 0 Å². The normalized spacial score (nSPS) is 14.4. The number of likely N-dealkylation sites (N-methyl/N-ethyl adjacent to an activating group) is 1. The van der Waals surface area contributed by atoms with Crippen LogP contribution < -0.4 is 5.32 Å². The molecule has 0 aliphatic carbocycles. The summed E-state index contributed by atoms with van der Waals surface area (Å²) in [5.74, 6) is -0.541. The maximum absolute atomic E-state index is 13.5. The predicted octanol–water partition coefficient (Wildman–Crippen LogP) is 19.3. The van der Waals surface area contributed by atoms with Crippen LogP contribution in [0.4, 0.5) is 0 Å². The van der Waals surface area contributed by atoms with Crippen molar-refractivity contribution in [2.45, 2.75) is 264 Å². The molecule has 1 amide bonds. The van der Waals surface area contributed by atoms with Crippen molar-refractivity contribution < 1.29 is 37.3 Å². The molecule has 0 spiro atoms. The van der Waals surface area contributed by atoms with Crippen molar-refractivity contribution in [3.05, 3.63) is 109 Å². The lowest BCUT2D eigenvalue weighted by Crippen LogP contribution is -2.47. The smallest absolute Gasteiger partial charge is 0.456 e. The van der Waals surface area contributed by atoms with Crippen molar-refractivity contribution in [3.8, 4) is 0 Å². The molecule has 3 unspecified atom stereocenters. The molecule has 2 N–H and O–H groups in total. The highest BCUT2D eigenvalue weighted by atomic mass is 31.2. The second kappa shape index (κ2) is 56.0. The number of ether oxygens (including phenoxy) is 1. The number of carbonyl (C=O) groups is 2. The Morgan fingerprint density at radius 1 is 0.481 bits per heavy atom. The van der Waals surface area contributed by atoms with E-state index in [1.165, 1.54) is 89.9 Å². The molecule has 0 saturated heterocycles. The molecule has 0 fully saturated rings. The molecule has 3 atom stereocenters. The number of esters is 1. The molecule has 0 radical (unpaired) electrons. The predicted molar refractivity (Wildman–Crippen MR) is 332 cm³/mol. The number of nitrogens with one attached hydrogen (secondary N) is 1. The molecule has 0 bridgehead atoms. The molecule has 0 heterocycles. The van der Waals surface area contributed by atoms with Crippen LogP contribution in [0.5, 0.6) is 0 Å². The van der Waals surface area contributed by atoms with Gasteiger partial charge in [0.1, 0.15) is 19.3 Å². The van der Waals surface area contributed by atoms with Gasteiger partial charge in [0.05, 0.1) is 33.8 Å². The van der Waals surface area contributed by atoms with Gasteiger partial charge >= 0.3 is 13.8 Å². The van der Waals surface area contributed by atoms with Crippen LogP contribution in [0.15, 0.2) is 109 Å². The lowest BCUT2D eigenvalue weighted by molar-refractivity contribution is -0.870. The van der Waals surface area contributed by atoms with E-state index in [2.05, 4.69) is 123 Å². The Kier molecular flexibility index (Phi) is 53.5. The minimum atomic E-state index is -4.46. The van der Waals surface area contributed by atoms with E-state index in [0.29, 0.717) is 17.4 Å². The van der Waals surface area contributed by atoms with Gasteiger partial charge in [0, 0.05) is 12.8 Å². The second-order valence-corrected chi connectivity index (χ2v) is 23.3. The van der Waals surface area contributed by atoms with E-state index >= 15 is 0 Å². The fourth-order valence-electron chi connectivity index (χ4n) is 8.50. The summed E-state index contributed by atoms with van der Waals surface area (Å²) in [5, 5.41) is 3.04. The SMILES string of the molecule is CC/C=C\C/C=C\C/C=C\C/C=C\C/C=C\CCCCCCCCCCCC(=O)OC(/C=C\CCCCCCCCCCCCC)C(COP(=O)(O)OCC[N+](C)(C)C)NC(=O)CCCCCCC\C=C/C=C/C=C/CC. The topological polar surface area (TPSA) is 111 Å². The van der Waals surface area contributed by atoms with E-state index in [1.54, 1.807) is 0 Å². The minimum Gasteiger partial charge on any atom is -0.456 e. The lowest BCUT2D eigenvalue weighted by Gasteiger charge is -2.27. The van der Waals surface area contributed by atoms with Crippen molar-refractivity contribution in [2.24, 2.45) is 0 Å². The highest BCUT2D eigenvalue weighted by Gasteiger charge is 2.30. The highest BCUT2D eigenvalue weighted by molar-refractivity contribution is 7.47. The monoisotopic (exact) mass is 1090 g/mol. The van der Waals surface area contributed by atoms with Gasteiger partial charge in [-0.1, -0.05) is 252 Å². The highest BCUT2D eigenvalue weighted by Crippen LogP contribution is 2.43. The summed E-state index contributed by atoms with van der Waals surface area (Å²) in [6.45, 7) is 6.74. The van der Waals surface area contributed by atoms with E-state index in [9.17, 15) is 19.0 Å². The molecule has 0 saturated carbocycles. The first kappa shape index (κ1) is 73.7. The molecular weight excluding hydrogens is 976 g/mol. The Morgan fingerprint density at radius 3 is 1.39 bits per heavy atom. The average molecular weight is 1090 g/mol. The van der Waals surface area contributed by atoms with Gasteiger partial charge in [-0.05, 0) is 96.0 Å². The first-order valence-corrected chi connectivity index (χ1v) is 32.7. The molecule has 9 nitrogen and oxygen atoms in total. The Hall–Kier alpha value is -3.33. The number of carbonyl (C=O) groups excluding carboxylic acids is 2. The van der Waals surface area contributed by atoms with Crippen molar-refractivity contribution in [1.82, 2.24) is 5.32 Å². The second-order valence-electron chi connectivity index (χ2n) is 21.9. The van der Waals surface area contributed by atoms with Gasteiger partial charge in [-0.15, -0.1) is 0 Å². The van der Waals surface area contributed by atoms with Gasteiger partial charge in [0.15, 0.2) is 0 Å². The summed E-state index contributed by atoms with van der Waals surface area (Å²) in [5.41, 5.74) is 0. The number of allylic oxidation sites excluding steroid dienone is 17. The van der Waals surface area contributed by atoms with E-state index in [0.717, 1.165) is 128 Å². The lowest BCUT2D eigenvalue weighted by atomic mass is 10.0. The zero-order chi connectivity index (χ0) is 56.4. The van der Waals surface area contributed by atoms with Crippen LogP contribution in [-0.4, -0.2) is 74.3 Å². The molecule has 0 rings (SSSR count). The number of amides is 1. The molecule has 0 aliphatic rings. The van der Waals surface area contributed by atoms with Crippen LogP contribution >= 0.6 is 7.82 Å². The molecule has 0 aromatic heterocycles. The molecule has 0 aromatic rings. The summed E-state index contributed by atoms with van der Waals surface area (Å²) >= 11 is 0. The maximum Gasteiger partial charge on any atom is 0.472 e. The number of rotatable bonds is 55. The minimum absolute atomic E-state index is 0.0297. The summed E-state index contributed by atoms with van der Waals surface area (Å²) in [6.07, 6.45) is 76.6. The Labute approximate surface area is 474 Å². The molecule has 442 valence electrons.